The van der Waals surface area contributed by atoms with Crippen LogP contribution in [0, 0.1) is 0 Å². The minimum absolute atomic E-state index is 0.248. The Morgan fingerprint density at radius 3 is 2.38 bits per heavy atom. The molecule has 4 nitrogen and oxygen atoms in total. The fourth-order valence-corrected chi connectivity index (χ4v) is 1.88. The topological polar surface area (TPSA) is 35.6 Å². The first kappa shape index (κ1) is 15.4. The summed E-state index contributed by atoms with van der Waals surface area (Å²) < 4.78 is 0. The van der Waals surface area contributed by atoms with Crippen LogP contribution in [0.3, 0.4) is 0 Å². The SMILES string of the molecule is CCNCCC(=O)N(CC)C(C)CN(C)C. The zero-order valence-electron chi connectivity index (χ0n) is 11.4. The molecule has 16 heavy (non-hydrogen) atoms. The molecule has 0 aliphatic heterocycles. The van der Waals surface area contributed by atoms with Crippen LogP contribution in [-0.2, 0) is 4.79 Å². The summed E-state index contributed by atoms with van der Waals surface area (Å²) in [6, 6.07) is 0.286. The molecule has 1 unspecified atom stereocenters. The first-order chi connectivity index (χ1) is 7.52. The number of amides is 1. The number of carbonyl (C=O) groups is 1. The molecule has 0 heterocycles. The summed E-state index contributed by atoms with van der Waals surface area (Å²) in [7, 11) is 4.07. The van der Waals surface area contributed by atoms with Gasteiger partial charge in [-0.2, -0.15) is 0 Å². The molecule has 0 bridgehead atoms. The maximum Gasteiger partial charge on any atom is 0.224 e. The zero-order chi connectivity index (χ0) is 12.6. The van der Waals surface area contributed by atoms with Crippen molar-refractivity contribution in [3.8, 4) is 0 Å². The highest BCUT2D eigenvalue weighted by atomic mass is 16.2. The Hall–Kier alpha value is -0.610. The van der Waals surface area contributed by atoms with Crippen LogP contribution in [0.15, 0.2) is 0 Å². The third-order valence-corrected chi connectivity index (χ3v) is 2.59. The number of carbonyl (C=O) groups excluding carboxylic acids is 1. The molecule has 0 aromatic rings. The molecule has 4 heteroatoms. The third kappa shape index (κ3) is 6.08. The van der Waals surface area contributed by atoms with E-state index in [1.54, 1.807) is 0 Å². The van der Waals surface area contributed by atoms with Gasteiger partial charge in [0.1, 0.15) is 0 Å². The van der Waals surface area contributed by atoms with Gasteiger partial charge < -0.3 is 15.1 Å². The minimum atomic E-state index is 0.248. The first-order valence-corrected chi connectivity index (χ1v) is 6.17. The highest BCUT2D eigenvalue weighted by molar-refractivity contribution is 5.76. The highest BCUT2D eigenvalue weighted by Crippen LogP contribution is 2.02. The molecule has 1 atom stereocenters. The Morgan fingerprint density at radius 2 is 1.94 bits per heavy atom. The maximum atomic E-state index is 11.9. The zero-order valence-corrected chi connectivity index (χ0v) is 11.4. The van der Waals surface area contributed by atoms with Gasteiger partial charge in [-0.1, -0.05) is 6.92 Å². The summed E-state index contributed by atoms with van der Waals surface area (Å²) in [5.41, 5.74) is 0. The van der Waals surface area contributed by atoms with Gasteiger partial charge in [-0.25, -0.2) is 0 Å². The Bertz CT molecular complexity index is 195. The summed E-state index contributed by atoms with van der Waals surface area (Å²) in [6.07, 6.45) is 0.597. The second-order valence-corrected chi connectivity index (χ2v) is 4.39. The van der Waals surface area contributed by atoms with Crippen molar-refractivity contribution in [1.82, 2.24) is 15.1 Å². The Labute approximate surface area is 100.0 Å². The van der Waals surface area contributed by atoms with Gasteiger partial charge in [-0.3, -0.25) is 4.79 Å². The lowest BCUT2D eigenvalue weighted by atomic mass is 10.2. The fraction of sp³-hybridized carbons (Fsp3) is 0.917. The van der Waals surface area contributed by atoms with Crippen molar-refractivity contribution in [2.75, 3.05) is 40.3 Å². The van der Waals surface area contributed by atoms with E-state index in [0.717, 1.165) is 26.2 Å². The maximum absolute atomic E-state index is 11.9. The predicted octanol–water partition coefficient (Wildman–Crippen LogP) is 0.785. The van der Waals surface area contributed by atoms with Crippen molar-refractivity contribution in [3.63, 3.8) is 0 Å². The Kier molecular flexibility index (Phi) is 8.21. The van der Waals surface area contributed by atoms with Gasteiger partial charge >= 0.3 is 0 Å². The van der Waals surface area contributed by atoms with Crippen molar-refractivity contribution in [2.24, 2.45) is 0 Å². The van der Waals surface area contributed by atoms with Crippen LogP contribution >= 0.6 is 0 Å². The van der Waals surface area contributed by atoms with E-state index in [9.17, 15) is 4.79 Å². The Morgan fingerprint density at radius 1 is 1.31 bits per heavy atom. The van der Waals surface area contributed by atoms with Crippen molar-refractivity contribution in [1.29, 1.82) is 0 Å². The van der Waals surface area contributed by atoms with Crippen molar-refractivity contribution in [2.45, 2.75) is 33.2 Å². The number of rotatable bonds is 8. The number of hydrogen-bond donors (Lipinski definition) is 1. The van der Waals surface area contributed by atoms with Crippen LogP contribution in [0.1, 0.15) is 27.2 Å². The predicted molar refractivity (Wildman–Crippen MR) is 68.6 cm³/mol. The van der Waals surface area contributed by atoms with Gasteiger partial charge in [-0.05, 0) is 34.5 Å². The fourth-order valence-electron chi connectivity index (χ4n) is 1.88. The minimum Gasteiger partial charge on any atom is -0.339 e. The molecule has 0 saturated heterocycles. The molecule has 1 N–H and O–H groups in total. The summed E-state index contributed by atoms with van der Waals surface area (Å²) >= 11 is 0. The van der Waals surface area contributed by atoms with E-state index in [4.69, 9.17) is 0 Å². The quantitative estimate of drug-likeness (QED) is 0.625. The summed E-state index contributed by atoms with van der Waals surface area (Å²) in [5.74, 6) is 0.248. The monoisotopic (exact) mass is 229 g/mol. The molecular weight excluding hydrogens is 202 g/mol. The molecule has 0 fully saturated rings. The van der Waals surface area contributed by atoms with Crippen LogP contribution in [0.2, 0.25) is 0 Å². The van der Waals surface area contributed by atoms with E-state index in [1.165, 1.54) is 0 Å². The number of likely N-dealkylation sites (N-methyl/N-ethyl adjacent to an activating group) is 2. The molecule has 0 radical (unpaired) electrons. The van der Waals surface area contributed by atoms with Gasteiger partial charge in [-0.15, -0.1) is 0 Å². The van der Waals surface area contributed by atoms with Crippen LogP contribution in [0.5, 0.6) is 0 Å². The molecule has 0 aliphatic carbocycles. The van der Waals surface area contributed by atoms with Crippen molar-refractivity contribution in [3.05, 3.63) is 0 Å². The van der Waals surface area contributed by atoms with Gasteiger partial charge in [0.15, 0.2) is 0 Å². The lowest BCUT2D eigenvalue weighted by Gasteiger charge is -2.30. The average Bonchev–Trinajstić information content (AvgIpc) is 2.18. The summed E-state index contributed by atoms with van der Waals surface area (Å²) in [6.45, 7) is 9.61. The normalized spacial score (nSPS) is 12.9. The van der Waals surface area contributed by atoms with Crippen LogP contribution in [0.4, 0.5) is 0 Å². The van der Waals surface area contributed by atoms with E-state index < -0.39 is 0 Å². The van der Waals surface area contributed by atoms with Gasteiger partial charge in [0.05, 0.1) is 0 Å². The van der Waals surface area contributed by atoms with E-state index in [0.29, 0.717) is 6.42 Å². The Balaban J connectivity index is 4.09. The van der Waals surface area contributed by atoms with Crippen molar-refractivity contribution >= 4 is 5.91 Å². The lowest BCUT2D eigenvalue weighted by molar-refractivity contribution is -0.133. The molecule has 0 aromatic carbocycles. The largest absolute Gasteiger partial charge is 0.339 e. The van der Waals surface area contributed by atoms with Crippen LogP contribution < -0.4 is 5.32 Å². The van der Waals surface area contributed by atoms with Crippen molar-refractivity contribution < 1.29 is 4.79 Å². The summed E-state index contributed by atoms with van der Waals surface area (Å²) in [5, 5.41) is 3.18. The first-order valence-electron chi connectivity index (χ1n) is 6.17. The number of nitrogens with one attached hydrogen (secondary N) is 1. The average molecular weight is 229 g/mol. The standard InChI is InChI=1S/C12H27N3O/c1-6-13-9-8-12(16)15(7-2)11(3)10-14(4)5/h11,13H,6-10H2,1-5H3. The van der Waals surface area contributed by atoms with Gasteiger partial charge in [0.2, 0.25) is 5.91 Å². The molecule has 96 valence electrons. The molecule has 0 saturated carbocycles. The molecule has 0 aromatic heterocycles. The molecule has 0 rings (SSSR count). The van der Waals surface area contributed by atoms with E-state index in [1.807, 2.05) is 25.9 Å². The van der Waals surface area contributed by atoms with Crippen LogP contribution in [-0.4, -0.2) is 62.0 Å². The number of hydrogen-bond acceptors (Lipinski definition) is 3. The van der Waals surface area contributed by atoms with Gasteiger partial charge in [0.25, 0.3) is 0 Å². The second kappa shape index (κ2) is 8.53. The third-order valence-electron chi connectivity index (χ3n) is 2.59. The molecule has 0 spiro atoms. The molecule has 1 amide bonds. The highest BCUT2D eigenvalue weighted by Gasteiger charge is 2.17. The lowest BCUT2D eigenvalue weighted by Crippen LogP contribution is -2.44. The van der Waals surface area contributed by atoms with Crippen LogP contribution in [0.25, 0.3) is 0 Å². The molecular formula is C12H27N3O. The van der Waals surface area contributed by atoms with E-state index >= 15 is 0 Å². The number of nitrogens with zero attached hydrogens (tertiary/aromatic N) is 2. The molecule has 0 aliphatic rings. The second-order valence-electron chi connectivity index (χ2n) is 4.39. The van der Waals surface area contributed by atoms with E-state index in [2.05, 4.69) is 24.1 Å². The summed E-state index contributed by atoms with van der Waals surface area (Å²) in [4.78, 5) is 16.0. The van der Waals surface area contributed by atoms with Gasteiger partial charge in [0, 0.05) is 32.1 Å². The smallest absolute Gasteiger partial charge is 0.224 e. The van der Waals surface area contributed by atoms with E-state index in [-0.39, 0.29) is 11.9 Å².